The summed E-state index contributed by atoms with van der Waals surface area (Å²) in [6.45, 7) is 7.24. The Balaban J connectivity index is 2.37. The number of rotatable bonds is 15. The van der Waals surface area contributed by atoms with Gasteiger partial charge in [-0.1, -0.05) is 64.8 Å². The molecule has 0 aliphatic rings. The number of carbonyl (C=O) groups excluding carboxylic acids is 3. The molecule has 6 atom stereocenters. The predicted molar refractivity (Wildman–Crippen MR) is 154 cm³/mol. The average Bonchev–Trinajstić information content (AvgIpc) is 2.95. The molecule has 41 heavy (non-hydrogen) atoms. The van der Waals surface area contributed by atoms with E-state index in [1.165, 1.54) is 24.3 Å². The highest BCUT2D eigenvalue weighted by Crippen LogP contribution is 2.15. The van der Waals surface area contributed by atoms with Gasteiger partial charge in [-0.25, -0.2) is 4.79 Å². The minimum Gasteiger partial charge on any atom is -0.508 e. The molecule has 11 nitrogen and oxygen atoms in total. The summed E-state index contributed by atoms with van der Waals surface area (Å²) in [6, 6.07) is 7.84. The van der Waals surface area contributed by atoms with Gasteiger partial charge in [0, 0.05) is 12.8 Å². The molecule has 0 aliphatic carbocycles. The summed E-state index contributed by atoms with van der Waals surface area (Å²) in [4.78, 5) is 51.8. The van der Waals surface area contributed by atoms with E-state index in [2.05, 4.69) is 16.0 Å². The van der Waals surface area contributed by atoms with E-state index in [1.54, 1.807) is 31.2 Å². The summed E-state index contributed by atoms with van der Waals surface area (Å²) in [5.74, 6) is -3.55. The van der Waals surface area contributed by atoms with Gasteiger partial charge in [0.2, 0.25) is 17.7 Å². The maximum absolute atomic E-state index is 13.6. The van der Waals surface area contributed by atoms with Gasteiger partial charge in [-0.3, -0.25) is 14.4 Å². The summed E-state index contributed by atoms with van der Waals surface area (Å²) in [6.07, 6.45) is 1.20. The van der Waals surface area contributed by atoms with E-state index < -0.39 is 47.9 Å². The fraction of sp³-hybridized carbons (Fsp3) is 0.467. The lowest BCUT2D eigenvalue weighted by Gasteiger charge is -2.27. The number of nitrogens with two attached hydrogens (primary N) is 1. The second-order valence-electron chi connectivity index (χ2n) is 10.5. The van der Waals surface area contributed by atoms with Crippen LogP contribution in [0.2, 0.25) is 0 Å². The van der Waals surface area contributed by atoms with Crippen LogP contribution in [-0.4, -0.2) is 63.2 Å². The Hall–Kier alpha value is -4.12. The van der Waals surface area contributed by atoms with E-state index in [0.717, 1.165) is 0 Å². The van der Waals surface area contributed by atoms with Gasteiger partial charge in [0.1, 0.15) is 29.6 Å². The van der Waals surface area contributed by atoms with Crippen LogP contribution in [0.1, 0.15) is 51.7 Å². The van der Waals surface area contributed by atoms with Crippen LogP contribution in [0, 0.1) is 11.8 Å². The first kappa shape index (κ1) is 33.1. The zero-order chi connectivity index (χ0) is 30.7. The van der Waals surface area contributed by atoms with E-state index >= 15 is 0 Å². The van der Waals surface area contributed by atoms with E-state index in [1.807, 2.05) is 20.8 Å². The Morgan fingerprint density at radius 2 is 1.07 bits per heavy atom. The highest BCUT2D eigenvalue weighted by molar-refractivity contribution is 5.94. The van der Waals surface area contributed by atoms with Crippen LogP contribution in [0.4, 0.5) is 0 Å². The minimum absolute atomic E-state index is 0.00302. The van der Waals surface area contributed by atoms with Crippen molar-refractivity contribution in [2.24, 2.45) is 17.6 Å². The normalized spacial score (nSPS) is 15.4. The summed E-state index contributed by atoms with van der Waals surface area (Å²) < 4.78 is 0. The van der Waals surface area contributed by atoms with Crippen molar-refractivity contribution in [1.82, 2.24) is 16.0 Å². The molecule has 0 saturated carbocycles. The van der Waals surface area contributed by atoms with E-state index in [-0.39, 0.29) is 36.2 Å². The molecule has 11 heteroatoms. The quantitative estimate of drug-likeness (QED) is 0.169. The molecular formula is C30H42N4O7. The molecule has 0 spiro atoms. The number of amides is 3. The Labute approximate surface area is 240 Å². The number of nitrogens with one attached hydrogen (secondary N) is 3. The fourth-order valence-corrected chi connectivity index (χ4v) is 4.14. The van der Waals surface area contributed by atoms with Gasteiger partial charge < -0.3 is 37.0 Å². The lowest BCUT2D eigenvalue weighted by molar-refractivity contribution is -0.143. The zero-order valence-corrected chi connectivity index (χ0v) is 24.0. The van der Waals surface area contributed by atoms with Gasteiger partial charge in [-0.15, -0.1) is 0 Å². The van der Waals surface area contributed by atoms with Crippen LogP contribution >= 0.6 is 0 Å². The van der Waals surface area contributed by atoms with Gasteiger partial charge in [-0.2, -0.15) is 0 Å². The Morgan fingerprint density at radius 1 is 0.683 bits per heavy atom. The van der Waals surface area contributed by atoms with Gasteiger partial charge in [0.05, 0.1) is 6.04 Å². The van der Waals surface area contributed by atoms with Crippen LogP contribution < -0.4 is 21.7 Å². The lowest BCUT2D eigenvalue weighted by atomic mass is 9.97. The number of hydrogen-bond acceptors (Lipinski definition) is 7. The highest BCUT2D eigenvalue weighted by Gasteiger charge is 2.32. The van der Waals surface area contributed by atoms with Gasteiger partial charge in [0.15, 0.2) is 0 Å². The molecule has 0 saturated heterocycles. The molecule has 0 heterocycles. The molecule has 0 aromatic heterocycles. The number of phenolic OH excluding ortho intramolecular Hbond substituents is 2. The molecule has 0 bridgehead atoms. The van der Waals surface area contributed by atoms with Crippen LogP contribution in [0.3, 0.4) is 0 Å². The number of carbonyl (C=O) groups is 4. The number of benzene rings is 2. The van der Waals surface area contributed by atoms with Crippen molar-refractivity contribution >= 4 is 23.7 Å². The predicted octanol–water partition coefficient (Wildman–Crippen LogP) is 1.84. The number of hydrogen-bond donors (Lipinski definition) is 7. The third-order valence-electron chi connectivity index (χ3n) is 7.35. The fourth-order valence-electron chi connectivity index (χ4n) is 4.14. The maximum Gasteiger partial charge on any atom is 0.326 e. The Kier molecular flexibility index (Phi) is 12.6. The number of aromatic hydroxyl groups is 2. The lowest BCUT2D eigenvalue weighted by Crippen LogP contribution is -2.59. The van der Waals surface area contributed by atoms with Gasteiger partial charge >= 0.3 is 5.97 Å². The zero-order valence-electron chi connectivity index (χ0n) is 24.0. The number of carboxylic acids is 1. The summed E-state index contributed by atoms with van der Waals surface area (Å²) >= 11 is 0. The van der Waals surface area contributed by atoms with Crippen molar-refractivity contribution in [2.75, 3.05) is 0 Å². The SMILES string of the molecule is CCC(C)C(N)C(=O)NC(Cc1ccc(O)cc1)C(=O)NC(Cc1ccc(O)cc1)C(=O)NC(C(=O)O)C(C)CC. The van der Waals surface area contributed by atoms with Crippen molar-refractivity contribution in [3.63, 3.8) is 0 Å². The van der Waals surface area contributed by atoms with E-state index in [0.29, 0.717) is 24.0 Å². The molecule has 2 aromatic rings. The largest absolute Gasteiger partial charge is 0.508 e. The minimum atomic E-state index is -1.20. The van der Waals surface area contributed by atoms with Crippen LogP contribution in [-0.2, 0) is 32.0 Å². The Bertz CT molecular complexity index is 1170. The second-order valence-corrected chi connectivity index (χ2v) is 10.5. The molecular weight excluding hydrogens is 528 g/mol. The van der Waals surface area contributed by atoms with Crippen molar-refractivity contribution in [2.45, 2.75) is 77.5 Å². The second kappa shape index (κ2) is 15.6. The number of carboxylic acid groups (broad SMARTS) is 1. The first-order valence-electron chi connectivity index (χ1n) is 13.8. The number of aliphatic carboxylic acids is 1. The molecule has 0 aliphatic heterocycles. The topological polar surface area (TPSA) is 191 Å². The first-order chi connectivity index (χ1) is 19.4. The molecule has 0 fully saturated rings. The van der Waals surface area contributed by atoms with Crippen LogP contribution in [0.25, 0.3) is 0 Å². The molecule has 2 rings (SSSR count). The maximum atomic E-state index is 13.6. The monoisotopic (exact) mass is 570 g/mol. The average molecular weight is 571 g/mol. The number of phenols is 2. The third-order valence-corrected chi connectivity index (χ3v) is 7.35. The van der Waals surface area contributed by atoms with E-state index in [9.17, 15) is 34.5 Å². The highest BCUT2D eigenvalue weighted by atomic mass is 16.4. The Morgan fingerprint density at radius 3 is 1.46 bits per heavy atom. The third kappa shape index (κ3) is 10.1. The van der Waals surface area contributed by atoms with Crippen molar-refractivity contribution in [1.29, 1.82) is 0 Å². The summed E-state index contributed by atoms with van der Waals surface area (Å²) in [7, 11) is 0. The standard InChI is InChI=1S/C30H42N4O7/c1-5-17(3)25(31)29(39)33-23(15-19-7-11-21(35)12-8-19)27(37)32-24(16-20-9-13-22(36)14-10-20)28(38)34-26(30(40)41)18(4)6-2/h7-14,17-18,23-26,35-36H,5-6,15-16,31H2,1-4H3,(H,32,37)(H,33,39)(H,34,38)(H,40,41). The molecule has 2 aromatic carbocycles. The van der Waals surface area contributed by atoms with Gasteiger partial charge in [0.25, 0.3) is 0 Å². The van der Waals surface area contributed by atoms with Crippen molar-refractivity contribution in [3.8, 4) is 11.5 Å². The van der Waals surface area contributed by atoms with Gasteiger partial charge in [-0.05, 0) is 47.2 Å². The smallest absolute Gasteiger partial charge is 0.326 e. The van der Waals surface area contributed by atoms with Crippen molar-refractivity contribution in [3.05, 3.63) is 59.7 Å². The molecule has 224 valence electrons. The van der Waals surface area contributed by atoms with Crippen molar-refractivity contribution < 1.29 is 34.5 Å². The summed E-state index contributed by atoms with van der Waals surface area (Å²) in [5.41, 5.74) is 7.35. The van der Waals surface area contributed by atoms with Crippen LogP contribution in [0.15, 0.2) is 48.5 Å². The molecule has 6 unspecified atom stereocenters. The molecule has 8 N–H and O–H groups in total. The molecule has 3 amide bonds. The molecule has 0 radical (unpaired) electrons. The first-order valence-corrected chi connectivity index (χ1v) is 13.8. The van der Waals surface area contributed by atoms with Crippen LogP contribution in [0.5, 0.6) is 11.5 Å². The summed E-state index contributed by atoms with van der Waals surface area (Å²) in [5, 5.41) is 36.9. The van der Waals surface area contributed by atoms with E-state index in [4.69, 9.17) is 5.73 Å².